The molecule has 2 heterocycles. The molecule has 0 saturated heterocycles. The van der Waals surface area contributed by atoms with E-state index in [1.165, 1.54) is 18.2 Å². The SMILES string of the molecule is O=C(CSc1nccn1-c1cccc(F)c1)NNC(=O)c1ccc2c(c1)OCO2. The molecule has 0 radical (unpaired) electrons. The molecule has 10 heteroatoms. The monoisotopic (exact) mass is 414 g/mol. The van der Waals surface area contributed by atoms with Gasteiger partial charge in [-0.05, 0) is 36.4 Å². The Morgan fingerprint density at radius 3 is 2.86 bits per heavy atom. The van der Waals surface area contributed by atoms with Crippen LogP contribution in [0, 0.1) is 5.82 Å². The zero-order chi connectivity index (χ0) is 20.2. The summed E-state index contributed by atoms with van der Waals surface area (Å²) in [4.78, 5) is 28.4. The molecule has 4 rings (SSSR count). The molecular formula is C19H15FN4O4S. The number of imidazole rings is 1. The zero-order valence-corrected chi connectivity index (χ0v) is 15.7. The topological polar surface area (TPSA) is 94.5 Å². The molecular weight excluding hydrogens is 399 g/mol. The van der Waals surface area contributed by atoms with Crippen LogP contribution in [-0.2, 0) is 4.79 Å². The van der Waals surface area contributed by atoms with E-state index < -0.39 is 11.8 Å². The Balaban J connectivity index is 1.31. The summed E-state index contributed by atoms with van der Waals surface area (Å²) < 4.78 is 25.5. The van der Waals surface area contributed by atoms with Crippen molar-refractivity contribution < 1.29 is 23.5 Å². The van der Waals surface area contributed by atoms with Gasteiger partial charge >= 0.3 is 0 Å². The summed E-state index contributed by atoms with van der Waals surface area (Å²) in [7, 11) is 0. The number of nitrogens with one attached hydrogen (secondary N) is 2. The Morgan fingerprint density at radius 2 is 2.00 bits per heavy atom. The van der Waals surface area contributed by atoms with Crippen LogP contribution in [0.3, 0.4) is 0 Å². The summed E-state index contributed by atoms with van der Waals surface area (Å²) >= 11 is 1.16. The lowest BCUT2D eigenvalue weighted by Gasteiger charge is -2.09. The van der Waals surface area contributed by atoms with E-state index in [2.05, 4.69) is 15.8 Å². The number of thioether (sulfide) groups is 1. The van der Waals surface area contributed by atoms with Crippen molar-refractivity contribution in [2.75, 3.05) is 12.5 Å². The van der Waals surface area contributed by atoms with E-state index in [1.54, 1.807) is 41.2 Å². The van der Waals surface area contributed by atoms with Gasteiger partial charge in [-0.1, -0.05) is 17.8 Å². The second-order valence-corrected chi connectivity index (χ2v) is 6.86. The third-order valence-electron chi connectivity index (χ3n) is 3.98. The van der Waals surface area contributed by atoms with Gasteiger partial charge < -0.3 is 9.47 Å². The molecule has 2 amide bonds. The lowest BCUT2D eigenvalue weighted by molar-refractivity contribution is -0.119. The van der Waals surface area contributed by atoms with Crippen molar-refractivity contribution in [3.05, 3.63) is 66.2 Å². The van der Waals surface area contributed by atoms with E-state index in [4.69, 9.17) is 9.47 Å². The van der Waals surface area contributed by atoms with Crippen molar-refractivity contribution >= 4 is 23.6 Å². The number of halogens is 1. The fourth-order valence-corrected chi connectivity index (χ4v) is 3.39. The highest BCUT2D eigenvalue weighted by molar-refractivity contribution is 7.99. The molecule has 148 valence electrons. The standard InChI is InChI=1S/C19H15FN4O4S/c20-13-2-1-3-14(9-13)24-7-6-21-19(24)29-10-17(25)22-23-18(26)12-4-5-15-16(8-12)28-11-27-15/h1-9H,10-11H2,(H,22,25)(H,23,26). The lowest BCUT2D eigenvalue weighted by Crippen LogP contribution is -2.42. The Kier molecular flexibility index (Phi) is 5.34. The van der Waals surface area contributed by atoms with E-state index in [0.717, 1.165) is 11.8 Å². The molecule has 2 N–H and O–H groups in total. The largest absolute Gasteiger partial charge is 0.454 e. The normalized spacial score (nSPS) is 11.9. The van der Waals surface area contributed by atoms with Crippen LogP contribution in [-0.4, -0.2) is 33.9 Å². The number of fused-ring (bicyclic) bond motifs is 1. The number of nitrogens with zero attached hydrogens (tertiary/aromatic N) is 2. The van der Waals surface area contributed by atoms with Gasteiger partial charge in [-0.2, -0.15) is 0 Å². The molecule has 0 spiro atoms. The predicted octanol–water partition coefficient (Wildman–Crippen LogP) is 2.29. The first-order chi connectivity index (χ1) is 14.1. The number of hydrazine groups is 1. The maximum atomic E-state index is 13.4. The van der Waals surface area contributed by atoms with E-state index in [1.807, 2.05) is 0 Å². The fraction of sp³-hybridized carbons (Fsp3) is 0.105. The summed E-state index contributed by atoms with van der Waals surface area (Å²) in [5, 5.41) is 0.521. The van der Waals surface area contributed by atoms with Crippen LogP contribution in [0.2, 0.25) is 0 Å². The first-order valence-corrected chi connectivity index (χ1v) is 9.49. The van der Waals surface area contributed by atoms with Crippen molar-refractivity contribution in [1.29, 1.82) is 0 Å². The predicted molar refractivity (Wildman–Crippen MR) is 102 cm³/mol. The first kappa shape index (κ1) is 18.8. The van der Waals surface area contributed by atoms with Crippen LogP contribution in [0.1, 0.15) is 10.4 Å². The van der Waals surface area contributed by atoms with E-state index in [0.29, 0.717) is 27.9 Å². The molecule has 1 aliphatic rings. The van der Waals surface area contributed by atoms with Crippen molar-refractivity contribution in [3.8, 4) is 17.2 Å². The maximum absolute atomic E-state index is 13.4. The van der Waals surface area contributed by atoms with Crippen LogP contribution < -0.4 is 20.3 Å². The average molecular weight is 414 g/mol. The van der Waals surface area contributed by atoms with Crippen molar-refractivity contribution in [1.82, 2.24) is 20.4 Å². The quantitative estimate of drug-likeness (QED) is 0.492. The number of carbonyl (C=O) groups is 2. The number of aromatic nitrogens is 2. The summed E-state index contributed by atoms with van der Waals surface area (Å²) in [6.45, 7) is 0.111. The molecule has 29 heavy (non-hydrogen) atoms. The van der Waals surface area contributed by atoms with Crippen LogP contribution >= 0.6 is 11.8 Å². The van der Waals surface area contributed by atoms with Gasteiger partial charge in [-0.15, -0.1) is 0 Å². The molecule has 1 aromatic heterocycles. The van der Waals surface area contributed by atoms with E-state index in [-0.39, 0.29) is 18.4 Å². The Bertz CT molecular complexity index is 1070. The van der Waals surface area contributed by atoms with Crippen molar-refractivity contribution in [3.63, 3.8) is 0 Å². The Morgan fingerprint density at radius 1 is 1.14 bits per heavy atom. The van der Waals surface area contributed by atoms with Crippen LogP contribution in [0.15, 0.2) is 60.0 Å². The van der Waals surface area contributed by atoms with Crippen LogP contribution in [0.25, 0.3) is 5.69 Å². The smallest absolute Gasteiger partial charge is 0.269 e. The molecule has 8 nitrogen and oxygen atoms in total. The van der Waals surface area contributed by atoms with Gasteiger partial charge in [0.05, 0.1) is 11.4 Å². The summed E-state index contributed by atoms with van der Waals surface area (Å²) in [6.07, 6.45) is 3.24. The lowest BCUT2D eigenvalue weighted by atomic mass is 10.2. The van der Waals surface area contributed by atoms with Gasteiger partial charge in [0.25, 0.3) is 5.91 Å². The molecule has 0 atom stereocenters. The summed E-state index contributed by atoms with van der Waals surface area (Å²) in [5.41, 5.74) is 5.62. The average Bonchev–Trinajstić information content (AvgIpc) is 3.39. The highest BCUT2D eigenvalue weighted by atomic mass is 32.2. The molecule has 0 unspecified atom stereocenters. The minimum atomic E-state index is -0.483. The maximum Gasteiger partial charge on any atom is 0.269 e. The van der Waals surface area contributed by atoms with Crippen molar-refractivity contribution in [2.24, 2.45) is 0 Å². The number of rotatable bonds is 5. The minimum absolute atomic E-state index is 0.00769. The van der Waals surface area contributed by atoms with E-state index in [9.17, 15) is 14.0 Å². The highest BCUT2D eigenvalue weighted by Gasteiger charge is 2.17. The van der Waals surface area contributed by atoms with E-state index >= 15 is 0 Å². The molecule has 0 saturated carbocycles. The number of amides is 2. The fourth-order valence-electron chi connectivity index (χ4n) is 2.62. The minimum Gasteiger partial charge on any atom is -0.454 e. The summed E-state index contributed by atoms with van der Waals surface area (Å²) in [6, 6.07) is 10.8. The Labute approximate surface area is 169 Å². The number of benzene rings is 2. The number of carbonyl (C=O) groups excluding carboxylic acids is 2. The number of ether oxygens (including phenoxy) is 2. The second kappa shape index (κ2) is 8.23. The first-order valence-electron chi connectivity index (χ1n) is 8.51. The third kappa shape index (κ3) is 4.32. The zero-order valence-electron chi connectivity index (χ0n) is 14.9. The van der Waals surface area contributed by atoms with Crippen LogP contribution in [0.4, 0.5) is 4.39 Å². The van der Waals surface area contributed by atoms with Gasteiger partial charge in [0.1, 0.15) is 5.82 Å². The third-order valence-corrected chi connectivity index (χ3v) is 4.94. The Hall–Kier alpha value is -3.53. The molecule has 1 aliphatic heterocycles. The molecule has 3 aromatic rings. The number of hydrogen-bond donors (Lipinski definition) is 2. The molecule has 0 aliphatic carbocycles. The summed E-state index contributed by atoms with van der Waals surface area (Å²) in [5.74, 6) is -0.218. The highest BCUT2D eigenvalue weighted by Crippen LogP contribution is 2.32. The van der Waals surface area contributed by atoms with Gasteiger partial charge in [0.15, 0.2) is 16.7 Å². The van der Waals surface area contributed by atoms with Gasteiger partial charge in [0, 0.05) is 18.0 Å². The van der Waals surface area contributed by atoms with Crippen molar-refractivity contribution in [2.45, 2.75) is 5.16 Å². The van der Waals surface area contributed by atoms with Crippen LogP contribution in [0.5, 0.6) is 11.5 Å². The number of hydrogen-bond acceptors (Lipinski definition) is 6. The molecule has 0 fully saturated rings. The van der Waals surface area contributed by atoms with Gasteiger partial charge in [-0.25, -0.2) is 9.37 Å². The van der Waals surface area contributed by atoms with Gasteiger partial charge in [0.2, 0.25) is 12.7 Å². The van der Waals surface area contributed by atoms with Gasteiger partial charge in [-0.3, -0.25) is 25.0 Å². The second-order valence-electron chi connectivity index (χ2n) is 5.92. The molecule has 0 bridgehead atoms. The molecule has 2 aromatic carbocycles.